The summed E-state index contributed by atoms with van der Waals surface area (Å²) in [5, 5.41) is 20.0. The van der Waals surface area contributed by atoms with E-state index in [-0.39, 0.29) is 17.0 Å². The molecule has 0 atom stereocenters. The van der Waals surface area contributed by atoms with E-state index in [0.717, 1.165) is 5.56 Å². The first kappa shape index (κ1) is 9.76. The normalized spacial score (nSPS) is 16.9. The van der Waals surface area contributed by atoms with E-state index in [2.05, 4.69) is 0 Å². The van der Waals surface area contributed by atoms with Gasteiger partial charge in [0.05, 0.1) is 11.0 Å². The molecular formula is C10H11NO4. The van der Waals surface area contributed by atoms with Crippen molar-refractivity contribution in [2.75, 3.05) is 0 Å². The average Bonchev–Trinajstić information content (AvgIpc) is 2.36. The zero-order valence-electron chi connectivity index (χ0n) is 8.48. The van der Waals surface area contributed by atoms with Gasteiger partial charge in [-0.2, -0.15) is 0 Å². The quantitative estimate of drug-likeness (QED) is 0.567. The van der Waals surface area contributed by atoms with E-state index in [4.69, 9.17) is 4.74 Å². The highest BCUT2D eigenvalue weighted by Gasteiger charge is 2.32. The maximum Gasteiger partial charge on any atom is 0.314 e. The second-order valence-corrected chi connectivity index (χ2v) is 4.24. The first-order chi connectivity index (χ1) is 6.89. The van der Waals surface area contributed by atoms with Crippen LogP contribution in [0.1, 0.15) is 19.4 Å². The van der Waals surface area contributed by atoms with Crippen LogP contribution in [0.4, 0.5) is 5.69 Å². The third-order valence-corrected chi connectivity index (χ3v) is 2.36. The lowest BCUT2D eigenvalue weighted by molar-refractivity contribution is -0.385. The zero-order valence-corrected chi connectivity index (χ0v) is 8.48. The van der Waals surface area contributed by atoms with E-state index in [0.29, 0.717) is 12.2 Å². The molecule has 0 aliphatic carbocycles. The van der Waals surface area contributed by atoms with Crippen LogP contribution in [0.25, 0.3) is 0 Å². The van der Waals surface area contributed by atoms with Crippen LogP contribution in [-0.2, 0) is 6.42 Å². The van der Waals surface area contributed by atoms with Crippen LogP contribution in [-0.4, -0.2) is 15.6 Å². The lowest BCUT2D eigenvalue weighted by Crippen LogP contribution is -2.24. The number of nitro groups is 1. The van der Waals surface area contributed by atoms with Gasteiger partial charge in [0.15, 0.2) is 5.75 Å². The average molecular weight is 209 g/mol. The molecule has 1 aromatic carbocycles. The standard InChI is InChI=1S/C10H11NO4/c1-10(2)5-6-3-8(12)7(11(13)14)4-9(6)15-10/h3-4,12H,5H2,1-2H3. The molecule has 0 spiro atoms. The summed E-state index contributed by atoms with van der Waals surface area (Å²) >= 11 is 0. The molecule has 2 rings (SSSR count). The van der Waals surface area contributed by atoms with Crippen molar-refractivity contribution in [2.24, 2.45) is 0 Å². The van der Waals surface area contributed by atoms with Gasteiger partial charge < -0.3 is 9.84 Å². The Morgan fingerprint density at radius 2 is 2.20 bits per heavy atom. The number of hydrogen-bond acceptors (Lipinski definition) is 4. The molecular weight excluding hydrogens is 198 g/mol. The van der Waals surface area contributed by atoms with Crippen LogP contribution in [0, 0.1) is 10.1 Å². The number of aromatic hydroxyl groups is 1. The highest BCUT2D eigenvalue weighted by atomic mass is 16.6. The van der Waals surface area contributed by atoms with Gasteiger partial charge >= 0.3 is 5.69 Å². The van der Waals surface area contributed by atoms with Gasteiger partial charge in [-0.3, -0.25) is 10.1 Å². The van der Waals surface area contributed by atoms with Crippen molar-refractivity contribution in [3.8, 4) is 11.5 Å². The first-order valence-corrected chi connectivity index (χ1v) is 4.58. The Labute approximate surface area is 86.4 Å². The van der Waals surface area contributed by atoms with E-state index >= 15 is 0 Å². The van der Waals surface area contributed by atoms with E-state index in [1.807, 2.05) is 13.8 Å². The molecule has 0 aromatic heterocycles. The molecule has 1 N–H and O–H groups in total. The molecule has 1 aliphatic heterocycles. The molecule has 1 aromatic rings. The molecule has 80 valence electrons. The summed E-state index contributed by atoms with van der Waals surface area (Å²) < 4.78 is 5.52. The fraction of sp³-hybridized carbons (Fsp3) is 0.400. The van der Waals surface area contributed by atoms with Crippen molar-refractivity contribution in [1.82, 2.24) is 0 Å². The summed E-state index contributed by atoms with van der Waals surface area (Å²) in [4.78, 5) is 9.95. The smallest absolute Gasteiger partial charge is 0.314 e. The van der Waals surface area contributed by atoms with E-state index < -0.39 is 4.92 Å². The van der Waals surface area contributed by atoms with Crippen molar-refractivity contribution in [2.45, 2.75) is 25.9 Å². The summed E-state index contributed by atoms with van der Waals surface area (Å²) in [5.41, 5.74) is 0.138. The SMILES string of the molecule is CC1(C)Cc2cc(O)c([N+](=O)[O-])cc2O1. The molecule has 1 heterocycles. The maximum atomic E-state index is 10.6. The second-order valence-electron chi connectivity index (χ2n) is 4.24. The van der Waals surface area contributed by atoms with Gasteiger partial charge in [-0.05, 0) is 19.9 Å². The van der Waals surface area contributed by atoms with Crippen molar-refractivity contribution in [1.29, 1.82) is 0 Å². The van der Waals surface area contributed by atoms with Crippen molar-refractivity contribution in [3.05, 3.63) is 27.8 Å². The summed E-state index contributed by atoms with van der Waals surface area (Å²) in [6, 6.07) is 2.68. The first-order valence-electron chi connectivity index (χ1n) is 4.58. The Bertz CT molecular complexity index is 439. The molecule has 0 bridgehead atoms. The minimum atomic E-state index is -0.621. The molecule has 0 fully saturated rings. The maximum absolute atomic E-state index is 10.6. The van der Waals surface area contributed by atoms with Gasteiger partial charge in [-0.1, -0.05) is 0 Å². The monoisotopic (exact) mass is 209 g/mol. The number of phenolic OH excluding ortho intramolecular Hbond substituents is 1. The Morgan fingerprint density at radius 3 is 2.80 bits per heavy atom. The molecule has 0 amide bonds. The molecule has 15 heavy (non-hydrogen) atoms. The van der Waals surface area contributed by atoms with Gasteiger partial charge in [0.2, 0.25) is 0 Å². The Kier molecular flexibility index (Phi) is 1.86. The molecule has 0 radical (unpaired) electrons. The lowest BCUT2D eigenvalue weighted by Gasteiger charge is -2.16. The van der Waals surface area contributed by atoms with Gasteiger partial charge in [0.25, 0.3) is 0 Å². The van der Waals surface area contributed by atoms with E-state index in [1.165, 1.54) is 12.1 Å². The predicted molar refractivity (Wildman–Crippen MR) is 53.2 cm³/mol. The number of benzene rings is 1. The van der Waals surface area contributed by atoms with Crippen LogP contribution in [0.5, 0.6) is 11.5 Å². The van der Waals surface area contributed by atoms with E-state index in [1.54, 1.807) is 0 Å². The van der Waals surface area contributed by atoms with Crippen LogP contribution < -0.4 is 4.74 Å². The Morgan fingerprint density at radius 1 is 1.53 bits per heavy atom. The topological polar surface area (TPSA) is 72.6 Å². The van der Waals surface area contributed by atoms with Crippen LogP contribution in [0.15, 0.2) is 12.1 Å². The number of fused-ring (bicyclic) bond motifs is 1. The highest BCUT2D eigenvalue weighted by molar-refractivity contribution is 5.56. The molecule has 1 aliphatic rings. The number of hydrogen-bond donors (Lipinski definition) is 1. The summed E-state index contributed by atoms with van der Waals surface area (Å²) in [7, 11) is 0. The Hall–Kier alpha value is -1.78. The van der Waals surface area contributed by atoms with Crippen LogP contribution in [0.3, 0.4) is 0 Å². The number of ether oxygens (including phenoxy) is 1. The van der Waals surface area contributed by atoms with Crippen LogP contribution in [0.2, 0.25) is 0 Å². The fourth-order valence-electron chi connectivity index (χ4n) is 1.77. The number of nitrogens with zero attached hydrogens (tertiary/aromatic N) is 1. The van der Waals surface area contributed by atoms with Crippen molar-refractivity contribution >= 4 is 5.69 Å². The summed E-state index contributed by atoms with van der Waals surface area (Å²) in [6.45, 7) is 3.80. The van der Waals surface area contributed by atoms with Crippen LogP contribution >= 0.6 is 0 Å². The van der Waals surface area contributed by atoms with Crippen molar-refractivity contribution < 1.29 is 14.8 Å². The number of phenols is 1. The van der Waals surface area contributed by atoms with Gasteiger partial charge in [-0.15, -0.1) is 0 Å². The second kappa shape index (κ2) is 2.85. The Balaban J connectivity index is 2.50. The van der Waals surface area contributed by atoms with Gasteiger partial charge in [-0.25, -0.2) is 0 Å². The number of rotatable bonds is 1. The van der Waals surface area contributed by atoms with Gasteiger partial charge in [0.1, 0.15) is 11.4 Å². The summed E-state index contributed by atoms with van der Waals surface area (Å²) in [5.74, 6) is 0.185. The molecule has 5 nitrogen and oxygen atoms in total. The third kappa shape index (κ3) is 1.60. The highest BCUT2D eigenvalue weighted by Crippen LogP contribution is 2.41. The number of nitro benzene ring substituents is 1. The minimum Gasteiger partial charge on any atom is -0.502 e. The van der Waals surface area contributed by atoms with Gasteiger partial charge in [0, 0.05) is 12.0 Å². The molecule has 0 unspecified atom stereocenters. The van der Waals surface area contributed by atoms with Crippen molar-refractivity contribution in [3.63, 3.8) is 0 Å². The zero-order chi connectivity index (χ0) is 11.2. The molecule has 0 saturated carbocycles. The fourth-order valence-corrected chi connectivity index (χ4v) is 1.77. The molecule has 0 saturated heterocycles. The summed E-state index contributed by atoms with van der Waals surface area (Å²) in [6.07, 6.45) is 0.647. The third-order valence-electron chi connectivity index (χ3n) is 2.36. The molecule has 5 heteroatoms. The largest absolute Gasteiger partial charge is 0.502 e. The van der Waals surface area contributed by atoms with E-state index in [9.17, 15) is 15.2 Å². The minimum absolute atomic E-state index is 0.306. The predicted octanol–water partition coefficient (Wildman–Crippen LogP) is 2.01. The lowest BCUT2D eigenvalue weighted by atomic mass is 10.0.